The van der Waals surface area contributed by atoms with Crippen LogP contribution in [0.2, 0.25) is 0 Å². The Hall–Kier alpha value is -2.61. The van der Waals surface area contributed by atoms with Crippen molar-refractivity contribution < 1.29 is 19.1 Å². The van der Waals surface area contributed by atoms with E-state index in [2.05, 4.69) is 11.9 Å². The smallest absolute Gasteiger partial charge is 0.228 e. The van der Waals surface area contributed by atoms with Gasteiger partial charge >= 0.3 is 0 Å². The summed E-state index contributed by atoms with van der Waals surface area (Å²) in [5.74, 6) is 1.62. The van der Waals surface area contributed by atoms with Crippen LogP contribution in [0.25, 0.3) is 10.6 Å². The molecule has 1 aromatic heterocycles. The molecule has 2 amide bonds. The SMILES string of the molecule is CCCCN(C)C(=O)C1CCN(C(=O)Cc2csc(-c3ccc(OC)c(OC)c3)n2)CC1. The summed E-state index contributed by atoms with van der Waals surface area (Å²) in [6.45, 7) is 4.19. The first-order valence-electron chi connectivity index (χ1n) is 11.2. The summed E-state index contributed by atoms with van der Waals surface area (Å²) in [5.41, 5.74) is 1.69. The fourth-order valence-electron chi connectivity index (χ4n) is 3.95. The predicted molar refractivity (Wildman–Crippen MR) is 126 cm³/mol. The summed E-state index contributed by atoms with van der Waals surface area (Å²) in [6.07, 6.45) is 3.84. The standard InChI is InChI=1S/C24H33N3O4S/c1-5-6-11-26(2)24(29)17-9-12-27(13-10-17)22(28)15-19-16-32-23(25-19)18-7-8-20(30-3)21(14-18)31-4/h7-8,14,16-17H,5-6,9-13,15H2,1-4H3. The average molecular weight is 460 g/mol. The minimum atomic E-state index is 0.0248. The zero-order chi connectivity index (χ0) is 23.1. The molecule has 0 unspecified atom stereocenters. The Morgan fingerprint density at radius 3 is 2.56 bits per heavy atom. The number of unbranched alkanes of at least 4 members (excludes halogenated alkanes) is 1. The number of benzene rings is 1. The molecule has 0 spiro atoms. The molecule has 0 N–H and O–H groups in total. The molecule has 7 nitrogen and oxygen atoms in total. The molecule has 1 aliphatic rings. The van der Waals surface area contributed by atoms with Crippen LogP contribution in [0.5, 0.6) is 11.5 Å². The minimum Gasteiger partial charge on any atom is -0.493 e. The lowest BCUT2D eigenvalue weighted by molar-refractivity contribution is -0.139. The van der Waals surface area contributed by atoms with E-state index in [4.69, 9.17) is 9.47 Å². The molecule has 0 saturated carbocycles. The van der Waals surface area contributed by atoms with Crippen molar-refractivity contribution >= 4 is 23.2 Å². The number of methoxy groups -OCH3 is 2. The van der Waals surface area contributed by atoms with Gasteiger partial charge in [-0.3, -0.25) is 9.59 Å². The summed E-state index contributed by atoms with van der Waals surface area (Å²) in [7, 11) is 5.09. The summed E-state index contributed by atoms with van der Waals surface area (Å²) < 4.78 is 10.7. The molecule has 1 aliphatic heterocycles. The van der Waals surface area contributed by atoms with Crippen LogP contribution in [0.15, 0.2) is 23.6 Å². The van der Waals surface area contributed by atoms with Crippen molar-refractivity contribution in [2.24, 2.45) is 5.92 Å². The number of carbonyl (C=O) groups is 2. The van der Waals surface area contributed by atoms with E-state index in [-0.39, 0.29) is 24.2 Å². The van der Waals surface area contributed by atoms with Crippen LogP contribution in [0, 0.1) is 5.92 Å². The van der Waals surface area contributed by atoms with Gasteiger partial charge in [0.1, 0.15) is 5.01 Å². The number of ether oxygens (including phenoxy) is 2. The fraction of sp³-hybridized carbons (Fsp3) is 0.542. The molecule has 2 aromatic rings. The zero-order valence-electron chi connectivity index (χ0n) is 19.4. The Kier molecular flexibility index (Phi) is 8.50. The molecule has 1 aromatic carbocycles. The van der Waals surface area contributed by atoms with Crippen molar-refractivity contribution in [2.75, 3.05) is 40.9 Å². The van der Waals surface area contributed by atoms with E-state index in [1.807, 2.05) is 40.4 Å². The topological polar surface area (TPSA) is 72.0 Å². The second-order valence-corrected chi connectivity index (χ2v) is 9.02. The molecule has 2 heterocycles. The molecule has 0 bridgehead atoms. The van der Waals surface area contributed by atoms with E-state index in [1.54, 1.807) is 14.2 Å². The molecule has 3 rings (SSSR count). The highest BCUT2D eigenvalue weighted by molar-refractivity contribution is 7.13. The van der Waals surface area contributed by atoms with E-state index < -0.39 is 0 Å². The molecule has 0 radical (unpaired) electrons. The molecule has 32 heavy (non-hydrogen) atoms. The zero-order valence-corrected chi connectivity index (χ0v) is 20.2. The number of piperidine rings is 1. The van der Waals surface area contributed by atoms with E-state index in [1.165, 1.54) is 11.3 Å². The Balaban J connectivity index is 1.54. The van der Waals surface area contributed by atoms with Crippen molar-refractivity contribution in [3.63, 3.8) is 0 Å². The Bertz CT molecular complexity index is 922. The highest BCUT2D eigenvalue weighted by Crippen LogP contribution is 2.33. The van der Waals surface area contributed by atoms with Crippen LogP contribution < -0.4 is 9.47 Å². The van der Waals surface area contributed by atoms with E-state index in [0.717, 1.165) is 48.5 Å². The van der Waals surface area contributed by atoms with Gasteiger partial charge in [-0.05, 0) is 37.5 Å². The van der Waals surface area contributed by atoms with Gasteiger partial charge < -0.3 is 19.3 Å². The highest BCUT2D eigenvalue weighted by Gasteiger charge is 2.29. The summed E-state index contributed by atoms with van der Waals surface area (Å²) in [5, 5.41) is 2.77. The van der Waals surface area contributed by atoms with Gasteiger partial charge in [0.15, 0.2) is 11.5 Å². The number of hydrogen-bond acceptors (Lipinski definition) is 6. The molecule has 1 fully saturated rings. The minimum absolute atomic E-state index is 0.0248. The van der Waals surface area contributed by atoms with E-state index in [9.17, 15) is 9.59 Å². The van der Waals surface area contributed by atoms with Gasteiger partial charge in [-0.2, -0.15) is 0 Å². The highest BCUT2D eigenvalue weighted by atomic mass is 32.1. The van der Waals surface area contributed by atoms with E-state index >= 15 is 0 Å². The fourth-order valence-corrected chi connectivity index (χ4v) is 4.77. The number of likely N-dealkylation sites (tertiary alicyclic amines) is 1. The molecule has 8 heteroatoms. The van der Waals surface area contributed by atoms with Crippen molar-refractivity contribution in [1.82, 2.24) is 14.8 Å². The lowest BCUT2D eigenvalue weighted by Gasteiger charge is -2.33. The summed E-state index contributed by atoms with van der Waals surface area (Å²) in [6, 6.07) is 5.68. The lowest BCUT2D eigenvalue weighted by Crippen LogP contribution is -2.44. The number of rotatable bonds is 9. The van der Waals surface area contributed by atoms with Gasteiger partial charge in [-0.25, -0.2) is 4.98 Å². The van der Waals surface area contributed by atoms with Crippen molar-refractivity contribution in [2.45, 2.75) is 39.0 Å². The third-order valence-electron chi connectivity index (χ3n) is 5.93. The van der Waals surface area contributed by atoms with Crippen molar-refractivity contribution in [3.05, 3.63) is 29.3 Å². The van der Waals surface area contributed by atoms with Crippen LogP contribution in [-0.4, -0.2) is 67.5 Å². The molecular formula is C24H33N3O4S. The third kappa shape index (κ3) is 5.79. The van der Waals surface area contributed by atoms with Crippen molar-refractivity contribution in [1.29, 1.82) is 0 Å². The maximum absolute atomic E-state index is 12.8. The number of thiazole rings is 1. The Morgan fingerprint density at radius 1 is 1.19 bits per heavy atom. The monoisotopic (exact) mass is 459 g/mol. The first-order chi connectivity index (χ1) is 15.5. The summed E-state index contributed by atoms with van der Waals surface area (Å²) in [4.78, 5) is 33.8. The van der Waals surface area contributed by atoms with Gasteiger partial charge in [-0.1, -0.05) is 13.3 Å². The molecule has 174 valence electrons. The lowest BCUT2D eigenvalue weighted by atomic mass is 9.95. The molecular weight excluding hydrogens is 426 g/mol. The molecule has 0 aliphatic carbocycles. The second kappa shape index (κ2) is 11.3. The Labute approximate surface area is 194 Å². The largest absolute Gasteiger partial charge is 0.493 e. The molecule has 1 saturated heterocycles. The number of amides is 2. The Morgan fingerprint density at radius 2 is 1.91 bits per heavy atom. The van der Waals surface area contributed by atoms with Crippen molar-refractivity contribution in [3.8, 4) is 22.1 Å². The number of hydrogen-bond donors (Lipinski definition) is 0. The van der Waals surface area contributed by atoms with Crippen LogP contribution in [0.3, 0.4) is 0 Å². The normalized spacial score (nSPS) is 14.3. The molecule has 0 atom stereocenters. The van der Waals surface area contributed by atoms with Crippen LogP contribution in [-0.2, 0) is 16.0 Å². The average Bonchev–Trinajstić information content (AvgIpc) is 3.30. The van der Waals surface area contributed by atoms with Crippen LogP contribution in [0.4, 0.5) is 0 Å². The first-order valence-corrected chi connectivity index (χ1v) is 12.0. The number of aromatic nitrogens is 1. The summed E-state index contributed by atoms with van der Waals surface area (Å²) >= 11 is 1.51. The number of nitrogens with zero attached hydrogens (tertiary/aromatic N) is 3. The number of carbonyl (C=O) groups excluding carboxylic acids is 2. The van der Waals surface area contributed by atoms with Crippen LogP contribution in [0.1, 0.15) is 38.3 Å². The second-order valence-electron chi connectivity index (χ2n) is 8.16. The van der Waals surface area contributed by atoms with Gasteiger partial charge in [0.05, 0.1) is 26.3 Å². The van der Waals surface area contributed by atoms with Gasteiger partial charge in [0.2, 0.25) is 11.8 Å². The van der Waals surface area contributed by atoms with E-state index in [0.29, 0.717) is 24.6 Å². The van der Waals surface area contributed by atoms with Gasteiger partial charge in [-0.15, -0.1) is 11.3 Å². The first kappa shape index (κ1) is 24.0. The quantitative estimate of drug-likeness (QED) is 0.569. The van der Waals surface area contributed by atoms with Gasteiger partial charge in [0, 0.05) is 43.5 Å². The third-order valence-corrected chi connectivity index (χ3v) is 6.87. The van der Waals surface area contributed by atoms with Crippen LogP contribution >= 0.6 is 11.3 Å². The predicted octanol–water partition coefficient (Wildman–Crippen LogP) is 3.87. The maximum atomic E-state index is 12.8. The maximum Gasteiger partial charge on any atom is 0.228 e. The van der Waals surface area contributed by atoms with Gasteiger partial charge in [0.25, 0.3) is 0 Å².